The molecule has 2 aromatic rings. The van der Waals surface area contributed by atoms with Crippen LogP contribution in [0.5, 0.6) is 0 Å². The maximum atomic E-state index is 12.2. The quantitative estimate of drug-likeness (QED) is 0.346. The minimum atomic E-state index is -0.877. The van der Waals surface area contributed by atoms with Gasteiger partial charge in [0, 0.05) is 61.2 Å². The van der Waals surface area contributed by atoms with Crippen LogP contribution in [0, 0.1) is 0 Å². The van der Waals surface area contributed by atoms with Crippen LogP contribution in [-0.2, 0) is 16.6 Å². The van der Waals surface area contributed by atoms with E-state index >= 15 is 0 Å². The number of guanidine groups is 1. The van der Waals surface area contributed by atoms with Crippen LogP contribution in [0.15, 0.2) is 65.7 Å². The second kappa shape index (κ2) is 12.9. The highest BCUT2D eigenvalue weighted by Gasteiger charge is 2.05. The molecule has 0 saturated heterocycles. The Morgan fingerprint density at radius 3 is 2.29 bits per heavy atom. The predicted octanol–water partition coefficient (Wildman–Crippen LogP) is 3.02. The Labute approximate surface area is 171 Å². The fourth-order valence-corrected chi connectivity index (χ4v) is 3.96. The summed E-state index contributed by atoms with van der Waals surface area (Å²) in [4.78, 5) is 6.61. The van der Waals surface area contributed by atoms with Crippen molar-refractivity contribution in [1.82, 2.24) is 10.6 Å². The first kappa shape index (κ1) is 22.0. The van der Waals surface area contributed by atoms with Crippen molar-refractivity contribution in [3.8, 4) is 0 Å². The van der Waals surface area contributed by atoms with E-state index in [1.807, 2.05) is 36.4 Å². The number of hydrogen-bond donors (Lipinski definition) is 2. The fraction of sp³-hybridized carbons (Fsp3) is 0.409. The van der Waals surface area contributed by atoms with Crippen LogP contribution in [-0.4, -0.2) is 49.1 Å². The number of aliphatic imine (C=N–C) groups is 1. The van der Waals surface area contributed by atoms with Crippen molar-refractivity contribution in [3.05, 3.63) is 66.2 Å². The van der Waals surface area contributed by atoms with Crippen molar-refractivity contribution in [2.75, 3.05) is 43.9 Å². The molecular formula is C22H32N4OS. The van der Waals surface area contributed by atoms with Crippen molar-refractivity contribution in [2.45, 2.75) is 19.1 Å². The molecule has 2 N–H and O–H groups in total. The molecule has 0 bridgehead atoms. The molecule has 1 unspecified atom stereocenters. The second-order valence-electron chi connectivity index (χ2n) is 6.47. The number of rotatable bonds is 11. The molecule has 0 aliphatic carbocycles. The molecule has 0 heterocycles. The summed E-state index contributed by atoms with van der Waals surface area (Å²) in [5.41, 5.74) is 2.37. The van der Waals surface area contributed by atoms with Gasteiger partial charge < -0.3 is 15.5 Å². The molecule has 0 aromatic heterocycles. The number of hydrogen-bond acceptors (Lipinski definition) is 3. The van der Waals surface area contributed by atoms with Gasteiger partial charge in [-0.05, 0) is 31.0 Å². The topological polar surface area (TPSA) is 56.7 Å². The van der Waals surface area contributed by atoms with Gasteiger partial charge in [0.25, 0.3) is 0 Å². The first-order valence-electron chi connectivity index (χ1n) is 9.86. The van der Waals surface area contributed by atoms with Crippen molar-refractivity contribution >= 4 is 22.4 Å². The zero-order valence-electron chi connectivity index (χ0n) is 16.9. The molecule has 0 aliphatic rings. The molecule has 2 rings (SSSR count). The summed E-state index contributed by atoms with van der Waals surface area (Å²) in [5, 5.41) is 6.59. The lowest BCUT2D eigenvalue weighted by atomic mass is 10.2. The molecule has 1 atom stereocenters. The second-order valence-corrected chi connectivity index (χ2v) is 8.05. The van der Waals surface area contributed by atoms with E-state index < -0.39 is 10.8 Å². The van der Waals surface area contributed by atoms with Gasteiger partial charge in [0.2, 0.25) is 0 Å². The van der Waals surface area contributed by atoms with E-state index in [2.05, 4.69) is 51.7 Å². The van der Waals surface area contributed by atoms with Crippen molar-refractivity contribution < 1.29 is 4.21 Å². The highest BCUT2D eigenvalue weighted by atomic mass is 32.2. The first-order chi connectivity index (χ1) is 13.7. The normalized spacial score (nSPS) is 12.4. The van der Waals surface area contributed by atoms with E-state index in [1.54, 1.807) is 7.05 Å². The molecule has 5 nitrogen and oxygen atoms in total. The molecule has 152 valence electrons. The largest absolute Gasteiger partial charge is 0.372 e. The summed E-state index contributed by atoms with van der Waals surface area (Å²) < 4.78 is 12.2. The number of nitrogens with one attached hydrogen (secondary N) is 2. The number of anilines is 1. The van der Waals surface area contributed by atoms with Crippen LogP contribution in [0.4, 0.5) is 5.69 Å². The molecule has 6 heteroatoms. The lowest BCUT2D eigenvalue weighted by Gasteiger charge is -2.23. The van der Waals surface area contributed by atoms with Crippen LogP contribution < -0.4 is 15.5 Å². The van der Waals surface area contributed by atoms with Crippen LogP contribution in [0.2, 0.25) is 0 Å². The van der Waals surface area contributed by atoms with E-state index in [4.69, 9.17) is 0 Å². The average Bonchev–Trinajstić information content (AvgIpc) is 2.74. The third-order valence-corrected chi connectivity index (χ3v) is 5.73. The molecule has 0 aliphatic heterocycles. The summed E-state index contributed by atoms with van der Waals surface area (Å²) in [6.07, 6.45) is 1.02. The minimum Gasteiger partial charge on any atom is -0.372 e. The zero-order valence-corrected chi connectivity index (χ0v) is 17.8. The van der Waals surface area contributed by atoms with Gasteiger partial charge in [0.15, 0.2) is 5.96 Å². The number of nitrogens with zero attached hydrogens (tertiary/aromatic N) is 2. The maximum absolute atomic E-state index is 12.2. The van der Waals surface area contributed by atoms with Crippen molar-refractivity contribution in [3.63, 3.8) is 0 Å². The van der Waals surface area contributed by atoms with Gasteiger partial charge in [-0.2, -0.15) is 0 Å². The van der Waals surface area contributed by atoms with E-state index in [9.17, 15) is 4.21 Å². The summed E-state index contributed by atoms with van der Waals surface area (Å²) in [6.45, 7) is 5.65. The predicted molar refractivity (Wildman–Crippen MR) is 121 cm³/mol. The van der Waals surface area contributed by atoms with Crippen LogP contribution in [0.25, 0.3) is 0 Å². The third kappa shape index (κ3) is 8.13. The van der Waals surface area contributed by atoms with E-state index in [-0.39, 0.29) is 0 Å². The standard InChI is InChI=1S/C22H32N4OS/c1-3-26(21-13-8-5-9-14-21)17-10-15-24-22(23-2)25-16-18-28(27)19-20-11-6-4-7-12-20/h4-9,11-14H,3,10,15-19H2,1-2H3,(H2,23,24,25). The molecule has 0 amide bonds. The summed E-state index contributed by atoms with van der Waals surface area (Å²) >= 11 is 0. The summed E-state index contributed by atoms with van der Waals surface area (Å²) in [6, 6.07) is 20.4. The van der Waals surface area contributed by atoms with Gasteiger partial charge >= 0.3 is 0 Å². The molecule has 0 spiro atoms. The maximum Gasteiger partial charge on any atom is 0.191 e. The smallest absolute Gasteiger partial charge is 0.191 e. The van der Waals surface area contributed by atoms with Crippen LogP contribution in [0.1, 0.15) is 18.9 Å². The zero-order chi connectivity index (χ0) is 20.0. The molecule has 0 saturated carbocycles. The first-order valence-corrected chi connectivity index (χ1v) is 11.3. The van der Waals surface area contributed by atoms with E-state index in [1.165, 1.54) is 5.69 Å². The Morgan fingerprint density at radius 2 is 1.64 bits per heavy atom. The molecular weight excluding hydrogens is 368 g/mol. The lowest BCUT2D eigenvalue weighted by molar-refractivity contribution is 0.680. The van der Waals surface area contributed by atoms with E-state index in [0.717, 1.165) is 37.6 Å². The molecule has 0 radical (unpaired) electrons. The number of para-hydroxylation sites is 1. The molecule has 28 heavy (non-hydrogen) atoms. The molecule has 0 fully saturated rings. The Balaban J connectivity index is 1.62. The van der Waals surface area contributed by atoms with Crippen LogP contribution in [0.3, 0.4) is 0 Å². The highest BCUT2D eigenvalue weighted by Crippen LogP contribution is 2.12. The van der Waals surface area contributed by atoms with Crippen molar-refractivity contribution in [1.29, 1.82) is 0 Å². The van der Waals surface area contributed by atoms with Gasteiger partial charge in [-0.25, -0.2) is 0 Å². The van der Waals surface area contributed by atoms with Gasteiger partial charge in [-0.3, -0.25) is 9.20 Å². The van der Waals surface area contributed by atoms with Gasteiger partial charge in [0.05, 0.1) is 0 Å². The lowest BCUT2D eigenvalue weighted by Crippen LogP contribution is -2.40. The SMILES string of the molecule is CCN(CCCNC(=NC)NCCS(=O)Cc1ccccc1)c1ccccc1. The molecule has 2 aromatic carbocycles. The fourth-order valence-electron chi connectivity index (χ4n) is 2.92. The Hall–Kier alpha value is -2.34. The van der Waals surface area contributed by atoms with Gasteiger partial charge in [-0.15, -0.1) is 0 Å². The van der Waals surface area contributed by atoms with E-state index in [0.29, 0.717) is 18.1 Å². The Morgan fingerprint density at radius 1 is 1.00 bits per heavy atom. The van der Waals surface area contributed by atoms with Crippen molar-refractivity contribution in [2.24, 2.45) is 4.99 Å². The van der Waals surface area contributed by atoms with Gasteiger partial charge in [0.1, 0.15) is 0 Å². The monoisotopic (exact) mass is 400 g/mol. The summed E-state index contributed by atoms with van der Waals surface area (Å²) in [5.74, 6) is 1.97. The van der Waals surface area contributed by atoms with Crippen LogP contribution >= 0.6 is 0 Å². The Kier molecular flexibility index (Phi) is 10.1. The Bertz CT molecular complexity index is 722. The third-order valence-electron chi connectivity index (χ3n) is 4.42. The highest BCUT2D eigenvalue weighted by molar-refractivity contribution is 7.84. The summed E-state index contributed by atoms with van der Waals surface area (Å²) in [7, 11) is 0.885. The number of benzene rings is 2. The minimum absolute atomic E-state index is 0.598. The average molecular weight is 401 g/mol. The van der Waals surface area contributed by atoms with Gasteiger partial charge in [-0.1, -0.05) is 48.5 Å².